The monoisotopic (exact) mass is 758 g/mol. The maximum Gasteiger partial charge on any atom is 0.473 e. The van der Waals surface area contributed by atoms with Gasteiger partial charge in [0.05, 0.1) is 64.4 Å². The average Bonchev–Trinajstić information content (AvgIpc) is 2.82. The molecule has 5 atom stereocenters. The Kier molecular flexibility index (Phi) is 21.0. The molecule has 0 saturated carbocycles. The van der Waals surface area contributed by atoms with Crippen LogP contribution < -0.4 is 0 Å². The third-order valence-corrected chi connectivity index (χ3v) is 10.2. The highest BCUT2D eigenvalue weighted by Gasteiger charge is 2.30. The van der Waals surface area contributed by atoms with Crippen molar-refractivity contribution in [3.05, 3.63) is 0 Å². The fraction of sp³-hybridized carbons (Fsp3) is 1.00. The van der Waals surface area contributed by atoms with Gasteiger partial charge in [-0.05, 0) is 20.8 Å². The van der Waals surface area contributed by atoms with E-state index in [2.05, 4.69) is 40.7 Å². The van der Waals surface area contributed by atoms with Crippen molar-refractivity contribution in [2.75, 3.05) is 64.7 Å². The van der Waals surface area contributed by atoms with Gasteiger partial charge in [0.25, 0.3) is 0 Å². The van der Waals surface area contributed by atoms with E-state index in [0.717, 1.165) is 21.6 Å². The van der Waals surface area contributed by atoms with Gasteiger partial charge in [-0.15, -0.1) is 0 Å². The van der Waals surface area contributed by atoms with Crippen molar-refractivity contribution < 1.29 is 97.6 Å². The molecule has 254 valence electrons. The summed E-state index contributed by atoms with van der Waals surface area (Å²) in [5, 5.41) is 8.56. The third kappa shape index (κ3) is 26.4. The second-order valence-electron chi connectivity index (χ2n) is 7.82. The molecule has 0 aliphatic heterocycles. The number of aliphatic hydroxyl groups is 1. The summed E-state index contributed by atoms with van der Waals surface area (Å²) in [5.74, 6) is -0.530. The quantitative estimate of drug-likeness (QED) is 0.0320. The van der Waals surface area contributed by atoms with Crippen molar-refractivity contribution in [3.8, 4) is 0 Å². The molecule has 0 spiro atoms. The van der Waals surface area contributed by atoms with Crippen LogP contribution in [0, 0.1) is 0 Å². The maximum absolute atomic E-state index is 11.8. The lowest BCUT2D eigenvalue weighted by molar-refractivity contribution is 0.0498. The van der Waals surface area contributed by atoms with E-state index >= 15 is 0 Å². The minimum Gasteiger partial charge on any atom is -0.385 e. The van der Waals surface area contributed by atoms with E-state index in [-0.39, 0.29) is 11.9 Å². The van der Waals surface area contributed by atoms with Crippen LogP contribution >= 0.6 is 60.7 Å². The van der Waals surface area contributed by atoms with Gasteiger partial charge < -0.3 is 29.6 Å². The molecule has 0 saturated heterocycles. The zero-order chi connectivity index (χ0) is 32.6. The molecule has 0 aromatic rings. The first-order chi connectivity index (χ1) is 19.1. The predicted octanol–water partition coefficient (Wildman–Crippen LogP) is 2.74. The number of phosphoric ester groups is 5. The fourth-order valence-electron chi connectivity index (χ4n) is 1.90. The summed E-state index contributed by atoms with van der Waals surface area (Å²) in [6.07, 6.45) is 0. The van der Waals surface area contributed by atoms with Crippen molar-refractivity contribution in [1.82, 2.24) is 0 Å². The van der Waals surface area contributed by atoms with Crippen LogP contribution in [0.4, 0.5) is 0 Å². The molecule has 0 aromatic heterocycles. The fourth-order valence-corrected chi connectivity index (χ4v) is 7.05. The minimum absolute atomic E-state index is 0.245. The van der Waals surface area contributed by atoms with Gasteiger partial charge in [-0.1, -0.05) is 21.6 Å². The van der Waals surface area contributed by atoms with Gasteiger partial charge in [0.15, 0.2) is 0 Å². The highest BCUT2D eigenvalue weighted by Crippen LogP contribution is 2.49. The molecular formula is C14H35O21P5S2. The van der Waals surface area contributed by atoms with E-state index in [9.17, 15) is 47.3 Å². The zero-order valence-electron chi connectivity index (χ0n) is 22.4. The van der Waals surface area contributed by atoms with E-state index in [1.54, 1.807) is 0 Å². The van der Waals surface area contributed by atoms with Gasteiger partial charge in [0, 0.05) is 0 Å². The first-order valence-electron chi connectivity index (χ1n) is 11.1. The Morgan fingerprint density at radius 3 is 1.00 bits per heavy atom. The summed E-state index contributed by atoms with van der Waals surface area (Å²) in [6, 6.07) is 0. The largest absolute Gasteiger partial charge is 0.473 e. The Labute approximate surface area is 249 Å². The van der Waals surface area contributed by atoms with E-state index < -0.39 is 97.6 Å². The minimum atomic E-state index is -4.76. The Bertz CT molecular complexity index is 1010. The molecule has 0 rings (SSSR count). The van der Waals surface area contributed by atoms with Crippen molar-refractivity contribution in [2.24, 2.45) is 0 Å². The molecule has 0 bridgehead atoms. The highest BCUT2D eigenvalue weighted by atomic mass is 33.1. The number of rotatable bonds is 26. The second kappa shape index (κ2) is 20.4. The number of hydrogen-bond donors (Lipinski definition) is 6. The molecule has 21 nitrogen and oxygen atoms in total. The molecule has 5 unspecified atom stereocenters. The van der Waals surface area contributed by atoms with E-state index in [0.29, 0.717) is 0 Å². The van der Waals surface area contributed by atoms with Crippen LogP contribution in [0.25, 0.3) is 0 Å². The van der Waals surface area contributed by atoms with Crippen LogP contribution in [0.5, 0.6) is 0 Å². The summed E-state index contributed by atoms with van der Waals surface area (Å²) in [7, 11) is -21.2. The lowest BCUT2D eigenvalue weighted by Gasteiger charge is -2.22. The molecule has 0 radical (unpaired) electrons. The molecule has 0 amide bonds. The normalized spacial score (nSPS) is 19.7. The van der Waals surface area contributed by atoms with Crippen LogP contribution in [-0.2, 0) is 68.1 Å². The van der Waals surface area contributed by atoms with Crippen molar-refractivity contribution >= 4 is 60.7 Å². The number of hydrogen-bond acceptors (Lipinski definition) is 18. The highest BCUT2D eigenvalue weighted by molar-refractivity contribution is 8.76. The molecule has 28 heteroatoms. The summed E-state index contributed by atoms with van der Waals surface area (Å²) in [5.41, 5.74) is -0.997. The third-order valence-electron chi connectivity index (χ3n) is 3.16. The van der Waals surface area contributed by atoms with Crippen LogP contribution in [0.3, 0.4) is 0 Å². The number of phosphoric acid groups is 5. The molecule has 0 aliphatic carbocycles. The van der Waals surface area contributed by atoms with Crippen molar-refractivity contribution in [2.45, 2.75) is 26.4 Å². The van der Waals surface area contributed by atoms with Crippen LogP contribution in [0.1, 0.15) is 20.8 Å². The molecule has 6 N–H and O–H groups in total. The van der Waals surface area contributed by atoms with E-state index in [4.69, 9.17) is 9.63 Å². The predicted molar refractivity (Wildman–Crippen MR) is 146 cm³/mol. The van der Waals surface area contributed by atoms with Gasteiger partial charge in [-0.3, -0.25) is 45.2 Å². The van der Waals surface area contributed by atoms with E-state index in [1.807, 2.05) is 0 Å². The van der Waals surface area contributed by atoms with Crippen LogP contribution in [0.15, 0.2) is 0 Å². The van der Waals surface area contributed by atoms with E-state index in [1.165, 1.54) is 20.8 Å². The molecule has 42 heavy (non-hydrogen) atoms. The maximum atomic E-state index is 11.8. The zero-order valence-corrected chi connectivity index (χ0v) is 28.5. The van der Waals surface area contributed by atoms with Gasteiger partial charge in [-0.2, -0.15) is 0 Å². The van der Waals surface area contributed by atoms with Crippen molar-refractivity contribution in [3.63, 3.8) is 0 Å². The lowest BCUT2D eigenvalue weighted by atomic mass is 10.2. The van der Waals surface area contributed by atoms with Gasteiger partial charge in [0.1, 0.15) is 5.94 Å². The number of aliphatic hydroxyl groups excluding tert-OH is 1. The Hall–Kier alpha value is 1.21. The van der Waals surface area contributed by atoms with Gasteiger partial charge in [-0.25, -0.2) is 22.8 Å². The van der Waals surface area contributed by atoms with Gasteiger partial charge >= 0.3 is 39.1 Å². The summed E-state index contributed by atoms with van der Waals surface area (Å²) < 4.78 is 104. The molecule has 0 heterocycles. The molecule has 0 aromatic carbocycles. The average molecular weight is 758 g/mol. The molecule has 0 aliphatic rings. The van der Waals surface area contributed by atoms with Gasteiger partial charge in [0.2, 0.25) is 0 Å². The SMILES string of the molecule is CC(C)(C)OP(=O)(O)OCCOP(=O)(O)OCCOP(=O)(O)OCCOP(=O)(O)OCCOP(=O)(O)OCSSCO. The first-order valence-corrected chi connectivity index (χ1v) is 21.1. The van der Waals surface area contributed by atoms with Crippen LogP contribution in [0.2, 0.25) is 0 Å². The summed E-state index contributed by atoms with van der Waals surface area (Å²) >= 11 is 0. The molecule has 0 fully saturated rings. The first kappa shape index (κ1) is 43.2. The standard InChI is InChI=1S/C14H35O21P5S2/c1-14(2,3)35-40(24,25)33-11-10-31-38(20,21)29-7-6-27-36(16,17)26-4-5-28-37(18,19)30-8-9-32-39(22,23)34-13-42-41-12-15/h15H,4-13H2,1-3H3,(H,16,17)(H,18,19)(H,20,21)(H,22,23)(H,24,25). The topological polar surface area (TPSA) is 299 Å². The smallest absolute Gasteiger partial charge is 0.385 e. The lowest BCUT2D eigenvalue weighted by Crippen LogP contribution is -2.18. The van der Waals surface area contributed by atoms with Crippen molar-refractivity contribution in [1.29, 1.82) is 0 Å². The van der Waals surface area contributed by atoms with Crippen LogP contribution in [-0.4, -0.2) is 99.9 Å². The second-order valence-corrected chi connectivity index (χ2v) is 17.4. The molecular weight excluding hydrogens is 723 g/mol. The Morgan fingerprint density at radius 2 is 0.738 bits per heavy atom. The summed E-state index contributed by atoms with van der Waals surface area (Å²) in [6.45, 7) is -1.06. The Balaban J connectivity index is 4.12. The Morgan fingerprint density at radius 1 is 0.476 bits per heavy atom. The summed E-state index contributed by atoms with van der Waals surface area (Å²) in [4.78, 5) is 47.4.